The lowest BCUT2D eigenvalue weighted by molar-refractivity contribution is 0.0974. The number of benzene rings is 4. The second kappa shape index (κ2) is 17.7. The third kappa shape index (κ3) is 9.04. The van der Waals surface area contributed by atoms with E-state index in [2.05, 4.69) is 62.4 Å². The van der Waals surface area contributed by atoms with Crippen LogP contribution in [0.15, 0.2) is 105 Å². The lowest BCUT2D eigenvalue weighted by Gasteiger charge is -2.22. The molecule has 4 heteroatoms. The van der Waals surface area contributed by atoms with Crippen LogP contribution in [0.2, 0.25) is 0 Å². The fourth-order valence-electron chi connectivity index (χ4n) is 6.27. The molecule has 4 aromatic rings. The van der Waals surface area contributed by atoms with Crippen LogP contribution in [0.3, 0.4) is 0 Å². The van der Waals surface area contributed by atoms with Gasteiger partial charge in [-0.3, -0.25) is 9.59 Å². The molecule has 0 unspecified atom stereocenters. The molecule has 0 saturated heterocycles. The molecule has 0 fully saturated rings. The van der Waals surface area contributed by atoms with Crippen molar-refractivity contribution >= 4 is 35.1 Å². The zero-order valence-electron chi connectivity index (χ0n) is 27.6. The molecule has 0 saturated carbocycles. The van der Waals surface area contributed by atoms with Crippen LogP contribution in [0, 0.1) is 0 Å². The molecule has 46 heavy (non-hydrogen) atoms. The van der Waals surface area contributed by atoms with Gasteiger partial charge in [0.15, 0.2) is 11.6 Å². The molecule has 0 amide bonds. The van der Waals surface area contributed by atoms with Gasteiger partial charge in [-0.2, -0.15) is 0 Å². The quantitative estimate of drug-likeness (QED) is 0.0886. The Morgan fingerprint density at radius 2 is 0.804 bits per heavy atom. The number of ketones is 2. The fourth-order valence-corrected chi connectivity index (χ4v) is 8.22. The van der Waals surface area contributed by atoms with Crippen LogP contribution in [0.5, 0.6) is 0 Å². The van der Waals surface area contributed by atoms with Crippen molar-refractivity contribution in [1.29, 1.82) is 0 Å². The van der Waals surface area contributed by atoms with Crippen molar-refractivity contribution in [3.8, 4) is 0 Å². The average Bonchev–Trinajstić information content (AvgIpc) is 3.08. The normalized spacial score (nSPS) is 12.3. The van der Waals surface area contributed by atoms with Gasteiger partial charge in [0, 0.05) is 41.8 Å². The van der Waals surface area contributed by atoms with Gasteiger partial charge in [0.1, 0.15) is 0 Å². The first-order valence-corrected chi connectivity index (χ1v) is 19.1. The number of aryl methyl sites for hydroxylation is 2. The Morgan fingerprint density at radius 1 is 0.435 bits per heavy atom. The van der Waals surface area contributed by atoms with Gasteiger partial charge in [0.05, 0.1) is 0 Å². The zero-order valence-corrected chi connectivity index (χ0v) is 29.2. The zero-order chi connectivity index (χ0) is 32.1. The first-order chi connectivity index (χ1) is 22.6. The maximum Gasteiger partial charge on any atom is 0.195 e. The van der Waals surface area contributed by atoms with Gasteiger partial charge < -0.3 is 0 Å². The van der Waals surface area contributed by atoms with Gasteiger partial charge in [0.2, 0.25) is 0 Å². The van der Waals surface area contributed by atoms with Crippen LogP contribution in [0.25, 0.3) is 0 Å². The predicted octanol–water partition coefficient (Wildman–Crippen LogP) is 12.6. The molecule has 0 atom stereocenters. The molecular formula is C42H48O2S2. The van der Waals surface area contributed by atoms with Crippen molar-refractivity contribution in [2.45, 2.75) is 123 Å². The van der Waals surface area contributed by atoms with E-state index in [0.717, 1.165) is 32.4 Å². The smallest absolute Gasteiger partial charge is 0.195 e. The molecule has 4 aromatic carbocycles. The van der Waals surface area contributed by atoms with Crippen LogP contribution in [0.4, 0.5) is 0 Å². The van der Waals surface area contributed by atoms with E-state index in [0.29, 0.717) is 22.3 Å². The second-order valence-electron chi connectivity index (χ2n) is 12.5. The van der Waals surface area contributed by atoms with E-state index in [1.54, 1.807) is 23.5 Å². The van der Waals surface area contributed by atoms with Gasteiger partial charge in [0.25, 0.3) is 0 Å². The molecule has 0 spiro atoms. The van der Waals surface area contributed by atoms with E-state index in [1.165, 1.54) is 88.2 Å². The van der Waals surface area contributed by atoms with Crippen molar-refractivity contribution in [3.63, 3.8) is 0 Å². The number of carbonyl (C=O) groups excluding carboxylic acids is 2. The highest BCUT2D eigenvalue weighted by atomic mass is 32.2. The van der Waals surface area contributed by atoms with E-state index >= 15 is 0 Å². The van der Waals surface area contributed by atoms with E-state index in [4.69, 9.17) is 0 Å². The predicted molar refractivity (Wildman–Crippen MR) is 195 cm³/mol. The minimum atomic E-state index is -0.0656. The summed E-state index contributed by atoms with van der Waals surface area (Å²) in [5.41, 5.74) is 4.78. The Hall–Kier alpha value is -3.08. The second-order valence-corrected chi connectivity index (χ2v) is 14.8. The highest BCUT2D eigenvalue weighted by Crippen LogP contribution is 2.41. The number of hydrogen-bond acceptors (Lipinski definition) is 4. The van der Waals surface area contributed by atoms with Gasteiger partial charge in [-0.15, -0.1) is 0 Å². The number of unbranched alkanes of at least 4 members (excludes halogenated alkanes) is 10. The third-order valence-corrected chi connectivity index (χ3v) is 11.1. The molecule has 5 rings (SSSR count). The average molecular weight is 649 g/mol. The largest absolute Gasteiger partial charge is 0.289 e. The molecule has 0 bridgehead atoms. The van der Waals surface area contributed by atoms with Crippen LogP contribution < -0.4 is 0 Å². The number of rotatable bonds is 18. The summed E-state index contributed by atoms with van der Waals surface area (Å²) in [6, 6.07) is 28.8. The monoisotopic (exact) mass is 648 g/mol. The minimum absolute atomic E-state index is 0.0656. The molecule has 0 radical (unpaired) electrons. The fraction of sp³-hybridized carbons (Fsp3) is 0.381. The van der Waals surface area contributed by atoms with E-state index in [9.17, 15) is 9.59 Å². The molecule has 0 N–H and O–H groups in total. The van der Waals surface area contributed by atoms with Gasteiger partial charge in [-0.25, -0.2) is 0 Å². The Bertz CT molecular complexity index is 1470. The molecule has 240 valence electrons. The van der Waals surface area contributed by atoms with Crippen LogP contribution in [0.1, 0.15) is 134 Å². The summed E-state index contributed by atoms with van der Waals surface area (Å²) < 4.78 is 0. The molecule has 0 heterocycles. The molecular weight excluding hydrogens is 601 g/mol. The number of carbonyl (C=O) groups is 2. The van der Waals surface area contributed by atoms with Gasteiger partial charge >= 0.3 is 0 Å². The van der Waals surface area contributed by atoms with Gasteiger partial charge in [-0.05, 0) is 73.2 Å². The topological polar surface area (TPSA) is 34.1 Å². The highest BCUT2D eigenvalue weighted by molar-refractivity contribution is 7.99. The maximum absolute atomic E-state index is 14.0. The summed E-state index contributed by atoms with van der Waals surface area (Å²) >= 11 is 3.14. The van der Waals surface area contributed by atoms with Crippen LogP contribution >= 0.6 is 23.5 Å². The summed E-state index contributed by atoms with van der Waals surface area (Å²) in [4.78, 5) is 31.8. The van der Waals surface area contributed by atoms with E-state index in [-0.39, 0.29) is 11.6 Å². The van der Waals surface area contributed by atoms with Crippen molar-refractivity contribution in [1.82, 2.24) is 0 Å². The molecule has 2 nitrogen and oxygen atoms in total. The van der Waals surface area contributed by atoms with Gasteiger partial charge in [-0.1, -0.05) is 150 Å². The molecule has 1 aliphatic rings. The highest BCUT2D eigenvalue weighted by Gasteiger charge is 2.33. The Morgan fingerprint density at radius 3 is 1.20 bits per heavy atom. The summed E-state index contributed by atoms with van der Waals surface area (Å²) in [7, 11) is 0. The lowest BCUT2D eigenvalue weighted by atomic mass is 9.84. The summed E-state index contributed by atoms with van der Waals surface area (Å²) in [5.74, 6) is -0.131. The van der Waals surface area contributed by atoms with Crippen LogP contribution in [-0.4, -0.2) is 11.6 Å². The van der Waals surface area contributed by atoms with Crippen molar-refractivity contribution in [3.05, 3.63) is 118 Å². The van der Waals surface area contributed by atoms with Crippen molar-refractivity contribution in [2.24, 2.45) is 0 Å². The Labute approximate surface area is 285 Å². The first kappa shape index (κ1) is 34.3. The SMILES string of the molecule is CCCCCCCCc1ccc(Sc2cccc3c2C(=O)c2cccc(Sc4ccc(CCCCCCCC)cc4)c2C3=O)cc1. The standard InChI is InChI=1S/C42H48O2S2/c1-3-5-7-9-11-13-17-31-23-27-33(28-24-31)45-37-21-15-19-35-39(37)41(43)36-20-16-22-38(40(36)42(35)44)46-34-29-25-32(26-30-34)18-14-12-10-8-6-4-2/h15-16,19-30H,3-14,17-18H2,1-2H3. The minimum Gasteiger partial charge on any atom is -0.289 e. The third-order valence-electron chi connectivity index (χ3n) is 8.94. The van der Waals surface area contributed by atoms with E-state index < -0.39 is 0 Å². The lowest BCUT2D eigenvalue weighted by Crippen LogP contribution is -2.22. The molecule has 0 aliphatic heterocycles. The number of fused-ring (bicyclic) bond motifs is 2. The van der Waals surface area contributed by atoms with Crippen molar-refractivity contribution in [2.75, 3.05) is 0 Å². The number of hydrogen-bond donors (Lipinski definition) is 0. The first-order valence-electron chi connectivity index (χ1n) is 17.5. The molecule has 1 aliphatic carbocycles. The summed E-state index contributed by atoms with van der Waals surface area (Å²) in [6.07, 6.45) is 17.8. The Balaban J connectivity index is 1.24. The maximum atomic E-state index is 14.0. The van der Waals surface area contributed by atoms with E-state index in [1.807, 2.05) is 36.4 Å². The summed E-state index contributed by atoms with van der Waals surface area (Å²) in [6.45, 7) is 4.51. The molecule has 0 aromatic heterocycles. The Kier molecular flexibility index (Phi) is 13.2. The van der Waals surface area contributed by atoms with Crippen LogP contribution in [-0.2, 0) is 12.8 Å². The summed E-state index contributed by atoms with van der Waals surface area (Å²) in [5, 5.41) is 0. The van der Waals surface area contributed by atoms with Crippen molar-refractivity contribution < 1.29 is 9.59 Å².